The molecule has 0 saturated carbocycles. The molecular weight excluding hydrogens is 236 g/mol. The van der Waals surface area contributed by atoms with Crippen LogP contribution in [0.5, 0.6) is 0 Å². The van der Waals surface area contributed by atoms with Crippen LogP contribution in [0, 0.1) is 0 Å². The van der Waals surface area contributed by atoms with Crippen molar-refractivity contribution in [3.8, 4) is 0 Å². The molecule has 0 aromatic heterocycles. The molecule has 0 aliphatic carbocycles. The number of nitrogens with one attached hydrogen (secondary N) is 1. The topological polar surface area (TPSA) is 78.9 Å². The number of carbonyl (C=O) groups excluding carboxylic acids is 1. The van der Waals surface area contributed by atoms with E-state index in [0.717, 1.165) is 0 Å². The SMILES string of the molecule is CCC(C)(NC(C)C(=O)N1CCOCC1)C(=O)O. The third-order valence-corrected chi connectivity index (χ3v) is 3.41. The molecule has 0 bridgehead atoms. The number of aliphatic carboxylic acids is 1. The van der Waals surface area contributed by atoms with Crippen molar-refractivity contribution >= 4 is 11.9 Å². The molecule has 1 aliphatic heterocycles. The van der Waals surface area contributed by atoms with Gasteiger partial charge in [-0.15, -0.1) is 0 Å². The molecule has 6 nitrogen and oxygen atoms in total. The first-order valence-corrected chi connectivity index (χ1v) is 6.28. The lowest BCUT2D eigenvalue weighted by atomic mass is 9.98. The predicted molar refractivity (Wildman–Crippen MR) is 66.3 cm³/mol. The average Bonchev–Trinajstić information content (AvgIpc) is 2.38. The van der Waals surface area contributed by atoms with Crippen molar-refractivity contribution in [3.63, 3.8) is 0 Å². The summed E-state index contributed by atoms with van der Waals surface area (Å²) in [5, 5.41) is 12.1. The van der Waals surface area contributed by atoms with E-state index >= 15 is 0 Å². The van der Waals surface area contributed by atoms with Gasteiger partial charge in [-0.05, 0) is 20.3 Å². The average molecular weight is 258 g/mol. The number of hydrogen-bond acceptors (Lipinski definition) is 4. The number of rotatable bonds is 5. The molecule has 0 radical (unpaired) electrons. The second-order valence-electron chi connectivity index (χ2n) is 4.79. The van der Waals surface area contributed by atoms with Gasteiger partial charge in [0, 0.05) is 13.1 Å². The Balaban J connectivity index is 2.60. The Morgan fingerprint density at radius 2 is 2.00 bits per heavy atom. The number of ether oxygens (including phenoxy) is 1. The third-order valence-electron chi connectivity index (χ3n) is 3.41. The summed E-state index contributed by atoms with van der Waals surface area (Å²) in [4.78, 5) is 25.0. The van der Waals surface area contributed by atoms with Crippen LogP contribution in [-0.2, 0) is 14.3 Å². The lowest BCUT2D eigenvalue weighted by molar-refractivity contribution is -0.146. The summed E-state index contributed by atoms with van der Waals surface area (Å²) in [7, 11) is 0. The molecule has 2 unspecified atom stereocenters. The Morgan fingerprint density at radius 3 is 2.44 bits per heavy atom. The molecule has 0 spiro atoms. The van der Waals surface area contributed by atoms with Crippen LogP contribution in [0.15, 0.2) is 0 Å². The number of hydrogen-bond donors (Lipinski definition) is 2. The number of morpholine rings is 1. The zero-order valence-corrected chi connectivity index (χ0v) is 11.2. The van der Waals surface area contributed by atoms with Gasteiger partial charge in [0.05, 0.1) is 19.3 Å². The van der Waals surface area contributed by atoms with E-state index in [2.05, 4.69) is 5.32 Å². The van der Waals surface area contributed by atoms with Gasteiger partial charge in [-0.2, -0.15) is 0 Å². The van der Waals surface area contributed by atoms with Gasteiger partial charge >= 0.3 is 5.97 Å². The minimum atomic E-state index is -1.07. The van der Waals surface area contributed by atoms with Gasteiger partial charge in [-0.25, -0.2) is 0 Å². The number of carboxylic acid groups (broad SMARTS) is 1. The standard InChI is InChI=1S/C12H22N2O4/c1-4-12(3,11(16)17)13-9(2)10(15)14-5-7-18-8-6-14/h9,13H,4-8H2,1-3H3,(H,16,17). The van der Waals surface area contributed by atoms with Crippen molar-refractivity contribution in [1.82, 2.24) is 10.2 Å². The minimum absolute atomic E-state index is 0.0702. The molecule has 6 heteroatoms. The van der Waals surface area contributed by atoms with Crippen LogP contribution in [0.1, 0.15) is 27.2 Å². The second-order valence-corrected chi connectivity index (χ2v) is 4.79. The van der Waals surface area contributed by atoms with Gasteiger partial charge in [0.1, 0.15) is 5.54 Å². The van der Waals surface area contributed by atoms with Crippen molar-refractivity contribution in [3.05, 3.63) is 0 Å². The van der Waals surface area contributed by atoms with E-state index in [4.69, 9.17) is 9.84 Å². The van der Waals surface area contributed by atoms with Gasteiger partial charge in [0.2, 0.25) is 5.91 Å². The molecule has 18 heavy (non-hydrogen) atoms. The minimum Gasteiger partial charge on any atom is -0.480 e. The molecule has 1 saturated heterocycles. The quantitative estimate of drug-likeness (QED) is 0.730. The van der Waals surface area contributed by atoms with Crippen LogP contribution in [0.2, 0.25) is 0 Å². The third kappa shape index (κ3) is 3.43. The van der Waals surface area contributed by atoms with E-state index in [1.165, 1.54) is 0 Å². The Labute approximate surface area is 107 Å². The van der Waals surface area contributed by atoms with Crippen LogP contribution < -0.4 is 5.32 Å². The fraction of sp³-hybridized carbons (Fsp3) is 0.833. The molecule has 0 aromatic carbocycles. The largest absolute Gasteiger partial charge is 0.480 e. The number of carboxylic acids is 1. The van der Waals surface area contributed by atoms with Gasteiger partial charge in [0.25, 0.3) is 0 Å². The van der Waals surface area contributed by atoms with Gasteiger partial charge in [0.15, 0.2) is 0 Å². The summed E-state index contributed by atoms with van der Waals surface area (Å²) in [6.45, 7) is 7.31. The smallest absolute Gasteiger partial charge is 0.323 e. The first kappa shape index (κ1) is 14.9. The van der Waals surface area contributed by atoms with Crippen molar-refractivity contribution in [2.75, 3.05) is 26.3 Å². The second kappa shape index (κ2) is 6.15. The summed E-state index contributed by atoms with van der Waals surface area (Å²) < 4.78 is 5.18. The molecule has 1 amide bonds. The summed E-state index contributed by atoms with van der Waals surface area (Å²) in [6.07, 6.45) is 0.420. The normalized spacial score (nSPS) is 21.2. The van der Waals surface area contributed by atoms with Crippen LogP contribution in [0.4, 0.5) is 0 Å². The Hall–Kier alpha value is -1.14. The molecular formula is C12H22N2O4. The molecule has 0 aromatic rings. The Kier molecular flexibility index (Phi) is 5.10. The number of nitrogens with zero attached hydrogens (tertiary/aromatic N) is 1. The monoisotopic (exact) mass is 258 g/mol. The van der Waals surface area contributed by atoms with Gasteiger partial charge in [-0.1, -0.05) is 6.92 Å². The van der Waals surface area contributed by atoms with E-state index in [1.54, 1.807) is 25.7 Å². The summed E-state index contributed by atoms with van der Waals surface area (Å²) >= 11 is 0. The first-order valence-electron chi connectivity index (χ1n) is 6.28. The zero-order chi connectivity index (χ0) is 13.8. The highest BCUT2D eigenvalue weighted by Crippen LogP contribution is 2.12. The lowest BCUT2D eigenvalue weighted by Crippen LogP contribution is -2.58. The molecule has 104 valence electrons. The molecule has 2 N–H and O–H groups in total. The number of amides is 1. The lowest BCUT2D eigenvalue weighted by Gasteiger charge is -2.33. The van der Waals surface area contributed by atoms with E-state index in [0.29, 0.717) is 32.7 Å². The summed E-state index contributed by atoms with van der Waals surface area (Å²) in [5.41, 5.74) is -1.07. The molecule has 1 rings (SSSR count). The fourth-order valence-electron chi connectivity index (χ4n) is 1.91. The fourth-order valence-corrected chi connectivity index (χ4v) is 1.91. The predicted octanol–water partition coefficient (Wildman–Crippen LogP) is 0.0766. The van der Waals surface area contributed by atoms with Crippen LogP contribution >= 0.6 is 0 Å². The van der Waals surface area contributed by atoms with Crippen LogP contribution in [-0.4, -0.2) is 59.8 Å². The van der Waals surface area contributed by atoms with Crippen LogP contribution in [0.25, 0.3) is 0 Å². The van der Waals surface area contributed by atoms with E-state index in [1.807, 2.05) is 0 Å². The highest BCUT2D eigenvalue weighted by Gasteiger charge is 2.35. The van der Waals surface area contributed by atoms with E-state index in [9.17, 15) is 9.59 Å². The number of carbonyl (C=O) groups is 2. The van der Waals surface area contributed by atoms with E-state index < -0.39 is 17.6 Å². The van der Waals surface area contributed by atoms with Crippen molar-refractivity contribution < 1.29 is 19.4 Å². The molecule has 2 atom stereocenters. The Bertz CT molecular complexity index is 315. The summed E-state index contributed by atoms with van der Waals surface area (Å²) in [6, 6.07) is -0.510. The maximum Gasteiger partial charge on any atom is 0.323 e. The van der Waals surface area contributed by atoms with E-state index in [-0.39, 0.29) is 5.91 Å². The van der Waals surface area contributed by atoms with Gasteiger partial charge in [-0.3, -0.25) is 14.9 Å². The maximum absolute atomic E-state index is 12.1. The summed E-state index contributed by atoms with van der Waals surface area (Å²) in [5.74, 6) is -1.01. The molecule has 1 heterocycles. The highest BCUT2D eigenvalue weighted by molar-refractivity contribution is 5.84. The van der Waals surface area contributed by atoms with Crippen molar-refractivity contribution in [1.29, 1.82) is 0 Å². The molecule has 1 aliphatic rings. The first-order chi connectivity index (χ1) is 8.40. The van der Waals surface area contributed by atoms with Crippen LogP contribution in [0.3, 0.4) is 0 Å². The maximum atomic E-state index is 12.1. The van der Waals surface area contributed by atoms with Crippen molar-refractivity contribution in [2.24, 2.45) is 0 Å². The highest BCUT2D eigenvalue weighted by atomic mass is 16.5. The van der Waals surface area contributed by atoms with Crippen molar-refractivity contribution in [2.45, 2.75) is 38.8 Å². The van der Waals surface area contributed by atoms with Gasteiger partial charge < -0.3 is 14.7 Å². The zero-order valence-electron chi connectivity index (χ0n) is 11.2. The Morgan fingerprint density at radius 1 is 1.44 bits per heavy atom. The molecule has 1 fully saturated rings.